The van der Waals surface area contributed by atoms with E-state index in [1.807, 2.05) is 0 Å². The summed E-state index contributed by atoms with van der Waals surface area (Å²) in [6.07, 6.45) is -0.678. The van der Waals surface area contributed by atoms with Gasteiger partial charge in [0.15, 0.2) is 0 Å². The highest BCUT2D eigenvalue weighted by molar-refractivity contribution is 5.81. The van der Waals surface area contributed by atoms with E-state index < -0.39 is 18.4 Å². The molecule has 0 bridgehead atoms. The number of ether oxygens (including phenoxy) is 4. The third-order valence-electron chi connectivity index (χ3n) is 4.87. The standard InChI is InChI=1S/C31H22F2O6/c1-3-29(34)38-20-36-26-15-9-22(10-16-26)5-6-24-8-14-25(28(19-24)31(32)33)13-7-23-11-17-27(18-12-23)37-21-39-30(35)4-2/h3-4,8-12,14-19,31H,1-2,20-21H2. The molecule has 8 heteroatoms. The molecule has 0 aliphatic heterocycles. The SMILES string of the molecule is C=CC(=O)OCOc1ccc(C#Cc2ccc(C#Cc3ccc(OCOC(=O)C=C)cc3)c(C(F)F)c2)cc1. The van der Waals surface area contributed by atoms with Crippen molar-refractivity contribution in [3.05, 3.63) is 120 Å². The summed E-state index contributed by atoms with van der Waals surface area (Å²) >= 11 is 0. The fourth-order valence-electron chi connectivity index (χ4n) is 2.92. The zero-order valence-electron chi connectivity index (χ0n) is 20.6. The highest BCUT2D eigenvalue weighted by atomic mass is 19.3. The van der Waals surface area contributed by atoms with Crippen LogP contribution in [0.25, 0.3) is 0 Å². The van der Waals surface area contributed by atoms with Crippen LogP contribution in [0.1, 0.15) is 34.2 Å². The van der Waals surface area contributed by atoms with Crippen LogP contribution in [0.2, 0.25) is 0 Å². The van der Waals surface area contributed by atoms with E-state index in [9.17, 15) is 18.4 Å². The van der Waals surface area contributed by atoms with Gasteiger partial charge in [0.2, 0.25) is 13.6 Å². The first-order chi connectivity index (χ1) is 18.9. The summed E-state index contributed by atoms with van der Waals surface area (Å²) in [5, 5.41) is 0. The Balaban J connectivity index is 1.65. The highest BCUT2D eigenvalue weighted by Gasteiger charge is 2.12. The number of alkyl halides is 2. The summed E-state index contributed by atoms with van der Waals surface area (Å²) in [5.41, 5.74) is 1.59. The molecule has 3 rings (SSSR count). The van der Waals surface area contributed by atoms with Crippen LogP contribution in [0.5, 0.6) is 11.5 Å². The second kappa shape index (κ2) is 14.4. The zero-order chi connectivity index (χ0) is 28.0. The highest BCUT2D eigenvalue weighted by Crippen LogP contribution is 2.24. The molecule has 0 atom stereocenters. The minimum atomic E-state index is -2.74. The lowest BCUT2D eigenvalue weighted by Crippen LogP contribution is -2.07. The summed E-state index contributed by atoms with van der Waals surface area (Å²) in [4.78, 5) is 22.0. The summed E-state index contributed by atoms with van der Waals surface area (Å²) in [6.45, 7) is 6.06. The average molecular weight is 529 g/mol. The van der Waals surface area contributed by atoms with Gasteiger partial charge in [0.05, 0.1) is 0 Å². The number of carbonyl (C=O) groups is 2. The number of benzene rings is 3. The van der Waals surface area contributed by atoms with E-state index in [-0.39, 0.29) is 24.7 Å². The Labute approximate surface area is 224 Å². The molecule has 39 heavy (non-hydrogen) atoms. The van der Waals surface area contributed by atoms with Crippen molar-refractivity contribution in [2.45, 2.75) is 6.43 Å². The lowest BCUT2D eigenvalue weighted by Gasteiger charge is -2.06. The van der Waals surface area contributed by atoms with E-state index in [0.717, 1.165) is 12.2 Å². The number of halogens is 2. The van der Waals surface area contributed by atoms with Gasteiger partial charge in [-0.25, -0.2) is 18.4 Å². The lowest BCUT2D eigenvalue weighted by molar-refractivity contribution is -0.145. The van der Waals surface area contributed by atoms with Crippen LogP contribution in [-0.2, 0) is 19.1 Å². The molecule has 6 nitrogen and oxygen atoms in total. The molecule has 0 fully saturated rings. The minimum absolute atomic E-state index is 0.186. The largest absolute Gasteiger partial charge is 0.457 e. The fourth-order valence-corrected chi connectivity index (χ4v) is 2.92. The van der Waals surface area contributed by atoms with E-state index >= 15 is 0 Å². The molecule has 0 aromatic heterocycles. The second-order valence-electron chi connectivity index (χ2n) is 7.51. The molecule has 0 aliphatic carbocycles. The Morgan fingerprint density at radius 2 is 1.13 bits per heavy atom. The van der Waals surface area contributed by atoms with Gasteiger partial charge in [0.25, 0.3) is 6.43 Å². The first-order valence-electron chi connectivity index (χ1n) is 11.4. The van der Waals surface area contributed by atoms with Crippen molar-refractivity contribution in [3.63, 3.8) is 0 Å². The van der Waals surface area contributed by atoms with Gasteiger partial charge in [-0.15, -0.1) is 0 Å². The maximum atomic E-state index is 13.7. The van der Waals surface area contributed by atoms with Crippen molar-refractivity contribution in [2.24, 2.45) is 0 Å². The molecule has 0 saturated carbocycles. The van der Waals surface area contributed by atoms with E-state index in [1.165, 1.54) is 12.1 Å². The van der Waals surface area contributed by atoms with Crippen molar-refractivity contribution in [2.75, 3.05) is 13.6 Å². The Morgan fingerprint density at radius 3 is 1.59 bits per heavy atom. The zero-order valence-corrected chi connectivity index (χ0v) is 20.6. The van der Waals surface area contributed by atoms with Crippen LogP contribution in [-0.4, -0.2) is 25.5 Å². The molecule has 0 unspecified atom stereocenters. The number of carbonyl (C=O) groups excluding carboxylic acids is 2. The van der Waals surface area contributed by atoms with E-state index in [1.54, 1.807) is 54.6 Å². The fraction of sp³-hybridized carbons (Fsp3) is 0.0968. The third-order valence-corrected chi connectivity index (χ3v) is 4.87. The molecular formula is C31H22F2O6. The van der Waals surface area contributed by atoms with Crippen LogP contribution < -0.4 is 9.47 Å². The molecule has 0 saturated heterocycles. The molecular weight excluding hydrogens is 506 g/mol. The van der Waals surface area contributed by atoms with Crippen LogP contribution in [0.15, 0.2) is 92.0 Å². The smallest absolute Gasteiger partial charge is 0.333 e. The Bertz CT molecular complexity index is 1450. The van der Waals surface area contributed by atoms with Gasteiger partial charge in [0, 0.05) is 40.0 Å². The third kappa shape index (κ3) is 9.23. The van der Waals surface area contributed by atoms with Gasteiger partial charge < -0.3 is 18.9 Å². The second-order valence-corrected chi connectivity index (χ2v) is 7.51. The van der Waals surface area contributed by atoms with Gasteiger partial charge in [0.1, 0.15) is 11.5 Å². The predicted molar refractivity (Wildman–Crippen MR) is 140 cm³/mol. The summed E-state index contributed by atoms with van der Waals surface area (Å²) in [7, 11) is 0. The molecule has 0 aliphatic rings. The monoisotopic (exact) mass is 528 g/mol. The summed E-state index contributed by atoms with van der Waals surface area (Å²) in [6, 6.07) is 17.7. The Kier molecular flexibility index (Phi) is 10.4. The van der Waals surface area contributed by atoms with E-state index in [0.29, 0.717) is 28.2 Å². The molecule has 196 valence electrons. The molecule has 3 aromatic rings. The number of hydrogen-bond acceptors (Lipinski definition) is 6. The molecule has 3 aromatic carbocycles. The number of hydrogen-bond donors (Lipinski definition) is 0. The summed E-state index contributed by atoms with van der Waals surface area (Å²) in [5.74, 6) is 11.1. The first-order valence-corrected chi connectivity index (χ1v) is 11.4. The van der Waals surface area contributed by atoms with Crippen LogP contribution in [0.3, 0.4) is 0 Å². The van der Waals surface area contributed by atoms with Gasteiger partial charge in [-0.3, -0.25) is 0 Å². The maximum Gasteiger partial charge on any atom is 0.333 e. The van der Waals surface area contributed by atoms with Gasteiger partial charge >= 0.3 is 11.9 Å². The first kappa shape index (κ1) is 28.2. The van der Waals surface area contributed by atoms with Gasteiger partial charge in [-0.05, 0) is 66.7 Å². The van der Waals surface area contributed by atoms with Crippen molar-refractivity contribution >= 4 is 11.9 Å². The minimum Gasteiger partial charge on any atom is -0.457 e. The Morgan fingerprint density at radius 1 is 0.692 bits per heavy atom. The van der Waals surface area contributed by atoms with Crippen LogP contribution >= 0.6 is 0 Å². The van der Waals surface area contributed by atoms with E-state index in [2.05, 4.69) is 36.8 Å². The summed E-state index contributed by atoms with van der Waals surface area (Å²) < 4.78 is 47.5. The molecule has 0 radical (unpaired) electrons. The van der Waals surface area contributed by atoms with E-state index in [4.69, 9.17) is 18.9 Å². The topological polar surface area (TPSA) is 71.1 Å². The van der Waals surface area contributed by atoms with Crippen LogP contribution in [0, 0.1) is 23.7 Å². The maximum absolute atomic E-state index is 13.7. The average Bonchev–Trinajstić information content (AvgIpc) is 2.96. The lowest BCUT2D eigenvalue weighted by atomic mass is 10.0. The predicted octanol–water partition coefficient (Wildman–Crippen LogP) is 5.55. The Hall–Kier alpha value is -5.34. The molecule has 0 amide bonds. The quantitative estimate of drug-likeness (QED) is 0.157. The normalized spacial score (nSPS) is 9.72. The molecule has 0 spiro atoms. The number of esters is 2. The van der Waals surface area contributed by atoms with Crippen LogP contribution in [0.4, 0.5) is 8.78 Å². The van der Waals surface area contributed by atoms with Crippen molar-refractivity contribution in [3.8, 4) is 35.2 Å². The van der Waals surface area contributed by atoms with Crippen molar-refractivity contribution < 1.29 is 37.3 Å². The van der Waals surface area contributed by atoms with Crippen molar-refractivity contribution in [1.82, 2.24) is 0 Å². The van der Waals surface area contributed by atoms with Crippen molar-refractivity contribution in [1.29, 1.82) is 0 Å². The van der Waals surface area contributed by atoms with Gasteiger partial charge in [-0.1, -0.05) is 36.8 Å². The van der Waals surface area contributed by atoms with Gasteiger partial charge in [-0.2, -0.15) is 0 Å². The molecule has 0 N–H and O–H groups in total. The molecule has 0 heterocycles. The number of rotatable bonds is 9.